The molecule has 0 unspecified atom stereocenters. The third-order valence-corrected chi connectivity index (χ3v) is 4.51. The van der Waals surface area contributed by atoms with E-state index in [1.807, 2.05) is 48.0 Å². The maximum Gasteiger partial charge on any atom is 0.257 e. The lowest BCUT2D eigenvalue weighted by atomic mass is 10.1. The summed E-state index contributed by atoms with van der Waals surface area (Å²) in [6.45, 7) is 3.12. The van der Waals surface area contributed by atoms with Gasteiger partial charge in [-0.1, -0.05) is 49.4 Å². The number of nitrogens with zero attached hydrogens (tertiary/aromatic N) is 4. The van der Waals surface area contributed by atoms with E-state index < -0.39 is 0 Å². The Morgan fingerprint density at radius 3 is 2.59 bits per heavy atom. The van der Waals surface area contributed by atoms with Crippen LogP contribution in [-0.4, -0.2) is 27.6 Å². The Morgan fingerprint density at radius 2 is 1.89 bits per heavy atom. The van der Waals surface area contributed by atoms with E-state index in [0.29, 0.717) is 24.2 Å². The summed E-state index contributed by atoms with van der Waals surface area (Å²) in [4.78, 5) is 14.6. The topological polar surface area (TPSA) is 61.9 Å². The van der Waals surface area contributed by atoms with E-state index in [-0.39, 0.29) is 5.91 Å². The fourth-order valence-corrected chi connectivity index (χ4v) is 3.15. The predicted octanol–water partition coefficient (Wildman–Crippen LogP) is 3.64. The van der Waals surface area contributed by atoms with E-state index >= 15 is 0 Å². The van der Waals surface area contributed by atoms with Crippen LogP contribution in [-0.2, 0) is 19.5 Å². The van der Waals surface area contributed by atoms with Crippen LogP contribution in [0.4, 0.5) is 0 Å². The second-order valence-corrected chi connectivity index (χ2v) is 6.48. The molecule has 1 amide bonds. The number of aromatic nitrogens is 2. The molecule has 1 heterocycles. The third kappa shape index (κ3) is 4.24. The molecule has 0 aliphatic rings. The Hall–Kier alpha value is -3.39. The van der Waals surface area contributed by atoms with Crippen molar-refractivity contribution < 1.29 is 4.79 Å². The predicted molar refractivity (Wildman–Crippen MR) is 104 cm³/mol. The molecule has 136 valence electrons. The average molecular weight is 358 g/mol. The van der Waals surface area contributed by atoms with E-state index in [0.717, 1.165) is 23.2 Å². The summed E-state index contributed by atoms with van der Waals surface area (Å²) < 4.78 is 1.90. The highest BCUT2D eigenvalue weighted by Gasteiger charge is 2.20. The molecule has 2 aromatic carbocycles. The lowest BCUT2D eigenvalue weighted by molar-refractivity contribution is 0.0784. The van der Waals surface area contributed by atoms with Crippen LogP contribution in [0.15, 0.2) is 60.8 Å². The quantitative estimate of drug-likeness (QED) is 0.676. The summed E-state index contributed by atoms with van der Waals surface area (Å²) in [6.07, 6.45) is 2.39. The smallest absolute Gasteiger partial charge is 0.257 e. The van der Waals surface area contributed by atoms with Gasteiger partial charge in [0.05, 0.1) is 35.6 Å². The van der Waals surface area contributed by atoms with E-state index in [1.54, 1.807) is 24.2 Å². The van der Waals surface area contributed by atoms with Crippen LogP contribution in [0.2, 0.25) is 0 Å². The number of benzene rings is 2. The maximum absolute atomic E-state index is 13.0. The molecule has 0 N–H and O–H groups in total. The first-order valence-corrected chi connectivity index (χ1v) is 8.95. The van der Waals surface area contributed by atoms with Gasteiger partial charge in [-0.15, -0.1) is 0 Å². The molecule has 0 spiro atoms. The number of amides is 1. The van der Waals surface area contributed by atoms with Crippen molar-refractivity contribution in [2.45, 2.75) is 26.4 Å². The van der Waals surface area contributed by atoms with Crippen molar-refractivity contribution in [2.24, 2.45) is 0 Å². The lowest BCUT2D eigenvalue weighted by Gasteiger charge is -2.18. The van der Waals surface area contributed by atoms with Gasteiger partial charge in [0.25, 0.3) is 5.91 Å². The molecule has 0 saturated heterocycles. The first-order valence-electron chi connectivity index (χ1n) is 8.95. The molecule has 0 atom stereocenters. The summed E-state index contributed by atoms with van der Waals surface area (Å²) in [7, 11) is 1.77. The molecule has 0 radical (unpaired) electrons. The van der Waals surface area contributed by atoms with Crippen molar-refractivity contribution in [3.8, 4) is 6.07 Å². The monoisotopic (exact) mass is 358 g/mol. The summed E-state index contributed by atoms with van der Waals surface area (Å²) in [6, 6.07) is 19.5. The van der Waals surface area contributed by atoms with Crippen LogP contribution >= 0.6 is 0 Å². The van der Waals surface area contributed by atoms with Crippen molar-refractivity contribution in [2.75, 3.05) is 7.05 Å². The van der Waals surface area contributed by atoms with Crippen LogP contribution in [0, 0.1) is 11.3 Å². The van der Waals surface area contributed by atoms with Crippen LogP contribution in [0.5, 0.6) is 0 Å². The minimum absolute atomic E-state index is 0.0616. The Bertz CT molecular complexity index is 969. The highest BCUT2D eigenvalue weighted by Crippen LogP contribution is 2.16. The Balaban J connectivity index is 1.78. The minimum atomic E-state index is -0.0616. The molecule has 0 aliphatic carbocycles. The van der Waals surface area contributed by atoms with Gasteiger partial charge < -0.3 is 4.90 Å². The van der Waals surface area contributed by atoms with E-state index in [2.05, 4.69) is 23.3 Å². The molecule has 3 aromatic rings. The van der Waals surface area contributed by atoms with Gasteiger partial charge in [0, 0.05) is 13.6 Å². The molecule has 5 nitrogen and oxygen atoms in total. The molecule has 0 saturated carbocycles. The Kier molecular flexibility index (Phi) is 5.68. The van der Waals surface area contributed by atoms with Crippen molar-refractivity contribution in [3.63, 3.8) is 0 Å². The van der Waals surface area contributed by atoms with Gasteiger partial charge >= 0.3 is 0 Å². The number of rotatable bonds is 6. The summed E-state index contributed by atoms with van der Waals surface area (Å²) >= 11 is 0. The zero-order valence-electron chi connectivity index (χ0n) is 15.6. The zero-order chi connectivity index (χ0) is 19.2. The SMILES string of the molecule is CCc1c(C(=O)N(C)Cc2cccc(C#N)c2)cnn1Cc1ccccc1. The van der Waals surface area contributed by atoms with Crippen molar-refractivity contribution in [3.05, 3.63) is 88.7 Å². The summed E-state index contributed by atoms with van der Waals surface area (Å²) in [5.74, 6) is -0.0616. The molecule has 3 rings (SSSR count). The first kappa shape index (κ1) is 18.4. The number of hydrogen-bond donors (Lipinski definition) is 0. The number of nitriles is 1. The zero-order valence-corrected chi connectivity index (χ0v) is 15.6. The van der Waals surface area contributed by atoms with Crippen LogP contribution in [0.1, 0.15) is 39.7 Å². The van der Waals surface area contributed by atoms with Crippen molar-refractivity contribution in [1.82, 2.24) is 14.7 Å². The molecule has 1 aromatic heterocycles. The largest absolute Gasteiger partial charge is 0.337 e. The van der Waals surface area contributed by atoms with Crippen molar-refractivity contribution in [1.29, 1.82) is 5.26 Å². The molecule has 0 aliphatic heterocycles. The van der Waals surface area contributed by atoms with E-state index in [1.165, 1.54) is 0 Å². The van der Waals surface area contributed by atoms with E-state index in [4.69, 9.17) is 5.26 Å². The molecule has 0 bridgehead atoms. The van der Waals surface area contributed by atoms with Gasteiger partial charge in [-0.05, 0) is 29.7 Å². The van der Waals surface area contributed by atoms with Gasteiger partial charge in [-0.3, -0.25) is 9.48 Å². The minimum Gasteiger partial charge on any atom is -0.337 e. The lowest BCUT2D eigenvalue weighted by Crippen LogP contribution is -2.27. The average Bonchev–Trinajstić information content (AvgIpc) is 3.10. The van der Waals surface area contributed by atoms with Gasteiger partial charge in [0.2, 0.25) is 0 Å². The summed E-state index contributed by atoms with van der Waals surface area (Å²) in [5, 5.41) is 13.5. The number of hydrogen-bond acceptors (Lipinski definition) is 3. The normalized spacial score (nSPS) is 10.4. The first-order chi connectivity index (χ1) is 13.1. The van der Waals surface area contributed by atoms with Crippen molar-refractivity contribution >= 4 is 5.91 Å². The van der Waals surface area contributed by atoms with E-state index in [9.17, 15) is 4.79 Å². The highest BCUT2D eigenvalue weighted by molar-refractivity contribution is 5.95. The third-order valence-electron chi connectivity index (χ3n) is 4.51. The molecular weight excluding hydrogens is 336 g/mol. The fourth-order valence-electron chi connectivity index (χ4n) is 3.15. The Morgan fingerprint density at radius 1 is 1.15 bits per heavy atom. The molecule has 27 heavy (non-hydrogen) atoms. The van der Waals surface area contributed by atoms with Gasteiger partial charge in [-0.2, -0.15) is 10.4 Å². The highest BCUT2D eigenvalue weighted by atomic mass is 16.2. The second kappa shape index (κ2) is 8.33. The number of carbonyl (C=O) groups is 1. The maximum atomic E-state index is 13.0. The van der Waals surface area contributed by atoms with Gasteiger partial charge in [-0.25, -0.2) is 0 Å². The van der Waals surface area contributed by atoms with Gasteiger partial charge in [0.15, 0.2) is 0 Å². The van der Waals surface area contributed by atoms with Crippen LogP contribution < -0.4 is 0 Å². The Labute approximate surface area is 159 Å². The van der Waals surface area contributed by atoms with Crippen LogP contribution in [0.25, 0.3) is 0 Å². The molecule has 5 heteroatoms. The second-order valence-electron chi connectivity index (χ2n) is 6.48. The standard InChI is InChI=1S/C22H22N4O/c1-3-21-20(14-24-26(21)16-17-8-5-4-6-9-17)22(27)25(2)15-19-11-7-10-18(12-19)13-23/h4-12,14H,3,15-16H2,1-2H3. The van der Waals surface area contributed by atoms with Crippen LogP contribution in [0.3, 0.4) is 0 Å². The summed E-state index contributed by atoms with van der Waals surface area (Å²) in [5.41, 5.74) is 4.24. The molecule has 0 fully saturated rings. The van der Waals surface area contributed by atoms with Gasteiger partial charge in [0.1, 0.15) is 0 Å². The number of carbonyl (C=O) groups excluding carboxylic acids is 1. The fraction of sp³-hybridized carbons (Fsp3) is 0.227. The molecular formula is C22H22N4O.